The summed E-state index contributed by atoms with van der Waals surface area (Å²) in [6.45, 7) is 0.405. The Morgan fingerprint density at radius 1 is 1.50 bits per heavy atom. The summed E-state index contributed by atoms with van der Waals surface area (Å²) in [6.07, 6.45) is -0.524. The van der Waals surface area contributed by atoms with Gasteiger partial charge in [-0.3, -0.25) is 0 Å². The van der Waals surface area contributed by atoms with Gasteiger partial charge in [0, 0.05) is 12.1 Å². The summed E-state index contributed by atoms with van der Waals surface area (Å²) >= 11 is 0. The molecule has 0 saturated heterocycles. The zero-order chi connectivity index (χ0) is 8.55. The van der Waals surface area contributed by atoms with Gasteiger partial charge < -0.3 is 15.2 Å². The molecule has 62 valence electrons. The predicted molar refractivity (Wildman–Crippen MR) is 41.0 cm³/mol. The molecule has 0 aromatic heterocycles. The van der Waals surface area contributed by atoms with Gasteiger partial charge in [0.1, 0.15) is 0 Å². The van der Waals surface area contributed by atoms with Gasteiger partial charge in [0.15, 0.2) is 11.5 Å². The van der Waals surface area contributed by atoms with Gasteiger partial charge in [-0.25, -0.2) is 4.79 Å². The van der Waals surface area contributed by atoms with Crippen molar-refractivity contribution in [2.24, 2.45) is 0 Å². The zero-order valence-corrected chi connectivity index (χ0v) is 6.20. The highest BCUT2D eigenvalue weighted by molar-refractivity contribution is 5.74. The molecule has 2 rings (SSSR count). The first-order chi connectivity index (χ1) is 5.77. The number of aromatic hydroxyl groups is 1. The van der Waals surface area contributed by atoms with Gasteiger partial charge in [0.2, 0.25) is 0 Å². The number of nitrogens with one attached hydrogen (secondary N) is 1. The Balaban J connectivity index is 2.50. The molecule has 12 heavy (non-hydrogen) atoms. The molecule has 1 amide bonds. The van der Waals surface area contributed by atoms with Gasteiger partial charge in [-0.2, -0.15) is 0 Å². The molecule has 0 bridgehead atoms. The molecule has 1 aliphatic heterocycles. The van der Waals surface area contributed by atoms with Crippen molar-refractivity contribution < 1.29 is 14.6 Å². The number of carbonyl (C=O) groups excluding carboxylic acids is 1. The summed E-state index contributed by atoms with van der Waals surface area (Å²) < 4.78 is 4.76. The van der Waals surface area contributed by atoms with Crippen LogP contribution in [0.2, 0.25) is 0 Å². The van der Waals surface area contributed by atoms with Gasteiger partial charge in [-0.05, 0) is 6.07 Å². The number of phenolic OH excluding ortho intramolecular Hbond substituents is 1. The Morgan fingerprint density at radius 2 is 2.33 bits per heavy atom. The van der Waals surface area contributed by atoms with Gasteiger partial charge in [0.05, 0.1) is 0 Å². The van der Waals surface area contributed by atoms with Crippen molar-refractivity contribution in [1.29, 1.82) is 0 Å². The second-order valence-corrected chi connectivity index (χ2v) is 2.51. The summed E-state index contributed by atoms with van der Waals surface area (Å²) in [7, 11) is 0. The third-order valence-electron chi connectivity index (χ3n) is 1.69. The van der Waals surface area contributed by atoms with Crippen LogP contribution in [-0.2, 0) is 6.54 Å². The Labute approximate surface area is 68.8 Å². The molecule has 0 saturated carbocycles. The third kappa shape index (κ3) is 0.972. The van der Waals surface area contributed by atoms with Crippen LogP contribution in [0.1, 0.15) is 5.56 Å². The zero-order valence-electron chi connectivity index (χ0n) is 6.20. The molecule has 1 aliphatic rings. The van der Waals surface area contributed by atoms with E-state index >= 15 is 0 Å². The first-order valence-electron chi connectivity index (χ1n) is 3.54. The van der Waals surface area contributed by atoms with E-state index in [1.165, 1.54) is 6.07 Å². The SMILES string of the molecule is O=C1NCc2cccc(O)c2O1. The number of ether oxygens (including phenoxy) is 1. The number of benzene rings is 1. The summed E-state index contributed by atoms with van der Waals surface area (Å²) in [5, 5.41) is 11.8. The number of hydrogen-bond acceptors (Lipinski definition) is 3. The Bertz CT molecular complexity index is 335. The Hall–Kier alpha value is -1.71. The van der Waals surface area contributed by atoms with Crippen molar-refractivity contribution in [2.45, 2.75) is 6.54 Å². The summed E-state index contributed by atoms with van der Waals surface area (Å²) in [6, 6.07) is 4.97. The number of para-hydroxylation sites is 1. The molecule has 0 fully saturated rings. The number of fused-ring (bicyclic) bond motifs is 1. The minimum absolute atomic E-state index is 0.00218. The van der Waals surface area contributed by atoms with E-state index in [1.807, 2.05) is 0 Å². The average Bonchev–Trinajstić information content (AvgIpc) is 2.07. The predicted octanol–water partition coefficient (Wildman–Crippen LogP) is 0.994. The maximum absolute atomic E-state index is 10.7. The summed E-state index contributed by atoms with van der Waals surface area (Å²) in [5.74, 6) is 0.267. The lowest BCUT2D eigenvalue weighted by Gasteiger charge is -2.16. The van der Waals surface area contributed by atoms with Crippen LogP contribution in [0, 0.1) is 0 Å². The van der Waals surface area contributed by atoms with E-state index in [0.29, 0.717) is 6.54 Å². The largest absolute Gasteiger partial charge is 0.504 e. The second-order valence-electron chi connectivity index (χ2n) is 2.51. The molecule has 0 unspecified atom stereocenters. The average molecular weight is 165 g/mol. The van der Waals surface area contributed by atoms with E-state index in [9.17, 15) is 9.90 Å². The van der Waals surface area contributed by atoms with Crippen LogP contribution in [0.5, 0.6) is 11.5 Å². The first kappa shape index (κ1) is 6.97. The van der Waals surface area contributed by atoms with E-state index in [0.717, 1.165) is 5.56 Å². The molecule has 1 heterocycles. The first-order valence-corrected chi connectivity index (χ1v) is 3.54. The van der Waals surface area contributed by atoms with Gasteiger partial charge >= 0.3 is 6.09 Å². The standard InChI is InChI=1S/C8H7NO3/c10-6-3-1-2-5-4-9-8(11)12-7(5)6/h1-3,10H,4H2,(H,9,11). The van der Waals surface area contributed by atoms with Gasteiger partial charge in [0.25, 0.3) is 0 Å². The molecule has 0 spiro atoms. The van der Waals surface area contributed by atoms with Crippen molar-refractivity contribution in [3.05, 3.63) is 23.8 Å². The van der Waals surface area contributed by atoms with E-state index < -0.39 is 6.09 Å². The molecule has 4 heteroatoms. The van der Waals surface area contributed by atoms with Gasteiger partial charge in [-0.1, -0.05) is 12.1 Å². The monoisotopic (exact) mass is 165 g/mol. The lowest BCUT2D eigenvalue weighted by molar-refractivity contribution is 0.192. The van der Waals surface area contributed by atoms with Crippen molar-refractivity contribution in [1.82, 2.24) is 5.32 Å². The van der Waals surface area contributed by atoms with Crippen LogP contribution in [-0.4, -0.2) is 11.2 Å². The van der Waals surface area contributed by atoms with Crippen molar-refractivity contribution in [3.8, 4) is 11.5 Å². The maximum Gasteiger partial charge on any atom is 0.413 e. The Kier molecular flexibility index (Phi) is 1.40. The molecule has 1 aromatic rings. The number of phenols is 1. The summed E-state index contributed by atoms with van der Waals surface area (Å²) in [5.41, 5.74) is 0.787. The van der Waals surface area contributed by atoms with Crippen molar-refractivity contribution in [2.75, 3.05) is 0 Å². The number of hydrogen-bond donors (Lipinski definition) is 2. The fourth-order valence-electron chi connectivity index (χ4n) is 1.12. The van der Waals surface area contributed by atoms with Crippen LogP contribution < -0.4 is 10.1 Å². The van der Waals surface area contributed by atoms with E-state index in [-0.39, 0.29) is 11.5 Å². The molecule has 0 radical (unpaired) electrons. The van der Waals surface area contributed by atoms with Crippen LogP contribution in [0.4, 0.5) is 4.79 Å². The number of amides is 1. The summed E-state index contributed by atoms with van der Waals surface area (Å²) in [4.78, 5) is 10.7. The highest BCUT2D eigenvalue weighted by atomic mass is 16.6. The molecule has 4 nitrogen and oxygen atoms in total. The smallest absolute Gasteiger partial charge is 0.413 e. The van der Waals surface area contributed by atoms with E-state index in [2.05, 4.69) is 5.32 Å². The molecular weight excluding hydrogens is 158 g/mol. The number of carbonyl (C=O) groups is 1. The highest BCUT2D eigenvalue weighted by Gasteiger charge is 2.18. The lowest BCUT2D eigenvalue weighted by Crippen LogP contribution is -2.31. The van der Waals surface area contributed by atoms with Crippen LogP contribution in [0.15, 0.2) is 18.2 Å². The minimum Gasteiger partial charge on any atom is -0.504 e. The fraction of sp³-hybridized carbons (Fsp3) is 0.125. The van der Waals surface area contributed by atoms with Crippen LogP contribution in [0.3, 0.4) is 0 Å². The second kappa shape index (κ2) is 2.41. The lowest BCUT2D eigenvalue weighted by atomic mass is 10.1. The fourth-order valence-corrected chi connectivity index (χ4v) is 1.12. The van der Waals surface area contributed by atoms with Gasteiger partial charge in [-0.15, -0.1) is 0 Å². The minimum atomic E-state index is -0.524. The molecule has 0 aliphatic carbocycles. The van der Waals surface area contributed by atoms with Crippen molar-refractivity contribution in [3.63, 3.8) is 0 Å². The van der Waals surface area contributed by atoms with E-state index in [4.69, 9.17) is 4.74 Å². The molecular formula is C8H7NO3. The number of rotatable bonds is 0. The van der Waals surface area contributed by atoms with E-state index in [1.54, 1.807) is 12.1 Å². The maximum atomic E-state index is 10.7. The van der Waals surface area contributed by atoms with Crippen molar-refractivity contribution >= 4 is 6.09 Å². The normalized spacial score (nSPS) is 14.5. The quantitative estimate of drug-likeness (QED) is 0.602. The Morgan fingerprint density at radius 3 is 3.17 bits per heavy atom. The third-order valence-corrected chi connectivity index (χ3v) is 1.69. The van der Waals surface area contributed by atoms with Crippen LogP contribution >= 0.6 is 0 Å². The molecule has 0 atom stereocenters. The molecule has 2 N–H and O–H groups in total. The van der Waals surface area contributed by atoms with Crippen LogP contribution in [0.25, 0.3) is 0 Å². The molecule has 1 aromatic carbocycles. The highest BCUT2D eigenvalue weighted by Crippen LogP contribution is 2.31. The topological polar surface area (TPSA) is 58.6 Å².